The van der Waals surface area contributed by atoms with Crippen LogP contribution in [0.1, 0.15) is 6.42 Å². The van der Waals surface area contributed by atoms with Crippen LogP contribution in [-0.2, 0) is 0 Å². The number of aromatic nitrogens is 2. The monoisotopic (exact) mass is 181 g/mol. The third-order valence-corrected chi connectivity index (χ3v) is 2.18. The molecule has 0 aliphatic carbocycles. The van der Waals surface area contributed by atoms with E-state index in [0.29, 0.717) is 18.8 Å². The molecule has 13 heavy (non-hydrogen) atoms. The molecular formula is C8H11N3O2. The maximum absolute atomic E-state index is 9.52. The Balaban J connectivity index is 2.19. The minimum absolute atomic E-state index is 0.567. The van der Waals surface area contributed by atoms with Crippen molar-refractivity contribution in [3.8, 4) is 0 Å². The van der Waals surface area contributed by atoms with Gasteiger partial charge in [0, 0.05) is 12.7 Å². The lowest BCUT2D eigenvalue weighted by Gasteiger charge is -2.21. The average Bonchev–Trinajstić information content (AvgIpc) is 2.49. The summed E-state index contributed by atoms with van der Waals surface area (Å²) in [6.45, 7) is 0.612. The lowest BCUT2D eigenvalue weighted by molar-refractivity contribution is 0.0446. The van der Waals surface area contributed by atoms with Gasteiger partial charge in [-0.3, -0.25) is 0 Å². The van der Waals surface area contributed by atoms with Gasteiger partial charge in [0.1, 0.15) is 6.10 Å². The van der Waals surface area contributed by atoms with Crippen LogP contribution in [0, 0.1) is 0 Å². The first-order valence-electron chi connectivity index (χ1n) is 4.19. The molecular weight excluding hydrogens is 170 g/mol. The Morgan fingerprint density at radius 2 is 2.31 bits per heavy atom. The fourth-order valence-electron chi connectivity index (χ4n) is 1.46. The largest absolute Gasteiger partial charge is 0.388 e. The van der Waals surface area contributed by atoms with Gasteiger partial charge in [0.05, 0.1) is 0 Å². The second-order valence-electron chi connectivity index (χ2n) is 3.04. The standard InChI is InChI=1S/C8H11N3O2/c12-6-3-5-11(8(6)13)7-2-1-4-9-10-7/h1-2,4,6,8,12-13H,3,5H2/t6-,8-/m1/s1. The van der Waals surface area contributed by atoms with E-state index < -0.39 is 12.3 Å². The quantitative estimate of drug-likeness (QED) is 0.603. The molecule has 0 saturated carbocycles. The molecule has 1 fully saturated rings. The molecule has 2 atom stereocenters. The van der Waals surface area contributed by atoms with E-state index in [1.807, 2.05) is 0 Å². The number of aliphatic hydroxyl groups is 2. The first kappa shape index (κ1) is 8.40. The maximum atomic E-state index is 9.52. The van der Waals surface area contributed by atoms with Crippen LogP contribution >= 0.6 is 0 Å². The van der Waals surface area contributed by atoms with Gasteiger partial charge < -0.3 is 15.1 Å². The number of anilines is 1. The van der Waals surface area contributed by atoms with Crippen molar-refractivity contribution in [1.29, 1.82) is 0 Å². The molecule has 1 aliphatic heterocycles. The zero-order valence-electron chi connectivity index (χ0n) is 7.04. The molecule has 1 aromatic rings. The first-order valence-corrected chi connectivity index (χ1v) is 4.19. The smallest absolute Gasteiger partial charge is 0.154 e. The van der Waals surface area contributed by atoms with E-state index in [4.69, 9.17) is 0 Å². The summed E-state index contributed by atoms with van der Waals surface area (Å²) in [6, 6.07) is 3.51. The molecule has 1 aromatic heterocycles. The summed E-state index contributed by atoms with van der Waals surface area (Å²) >= 11 is 0. The van der Waals surface area contributed by atoms with Gasteiger partial charge in [0.15, 0.2) is 12.0 Å². The Morgan fingerprint density at radius 3 is 2.85 bits per heavy atom. The molecule has 0 radical (unpaired) electrons. The molecule has 0 bridgehead atoms. The van der Waals surface area contributed by atoms with Crippen LogP contribution in [-0.4, -0.2) is 39.3 Å². The first-order chi connectivity index (χ1) is 6.29. The van der Waals surface area contributed by atoms with Crippen LogP contribution in [0.5, 0.6) is 0 Å². The fraction of sp³-hybridized carbons (Fsp3) is 0.500. The van der Waals surface area contributed by atoms with Gasteiger partial charge in [-0.05, 0) is 18.6 Å². The zero-order chi connectivity index (χ0) is 9.26. The molecule has 0 amide bonds. The van der Waals surface area contributed by atoms with Crippen LogP contribution in [0.2, 0.25) is 0 Å². The highest BCUT2D eigenvalue weighted by Crippen LogP contribution is 2.21. The summed E-state index contributed by atoms with van der Waals surface area (Å²) < 4.78 is 0. The van der Waals surface area contributed by atoms with Crippen LogP contribution < -0.4 is 4.90 Å². The summed E-state index contributed by atoms with van der Waals surface area (Å²) in [4.78, 5) is 1.64. The van der Waals surface area contributed by atoms with E-state index in [1.165, 1.54) is 0 Å². The van der Waals surface area contributed by atoms with Crippen LogP contribution in [0.4, 0.5) is 5.82 Å². The SMILES string of the molecule is O[C@@H]1CCN(c2cccnn2)[C@@H]1O. The van der Waals surface area contributed by atoms with E-state index in [1.54, 1.807) is 23.2 Å². The summed E-state index contributed by atoms with van der Waals surface area (Å²) in [5, 5.41) is 26.4. The Morgan fingerprint density at radius 1 is 1.46 bits per heavy atom. The molecule has 1 aliphatic rings. The summed E-state index contributed by atoms with van der Waals surface area (Å²) in [7, 11) is 0. The Hall–Kier alpha value is -1.20. The molecule has 0 spiro atoms. The Bertz CT molecular complexity index is 280. The third-order valence-electron chi connectivity index (χ3n) is 2.18. The number of nitrogens with zero attached hydrogens (tertiary/aromatic N) is 3. The van der Waals surface area contributed by atoms with E-state index >= 15 is 0 Å². The van der Waals surface area contributed by atoms with E-state index in [-0.39, 0.29) is 0 Å². The average molecular weight is 181 g/mol. The lowest BCUT2D eigenvalue weighted by Crippen LogP contribution is -2.35. The maximum Gasteiger partial charge on any atom is 0.154 e. The molecule has 70 valence electrons. The second kappa shape index (κ2) is 3.27. The molecule has 5 heteroatoms. The molecule has 2 N–H and O–H groups in total. The molecule has 0 aromatic carbocycles. The highest BCUT2D eigenvalue weighted by atomic mass is 16.3. The predicted octanol–water partition coefficient (Wildman–Crippen LogP) is -0.634. The van der Waals surface area contributed by atoms with Crippen molar-refractivity contribution in [1.82, 2.24) is 10.2 Å². The van der Waals surface area contributed by atoms with E-state index in [0.717, 1.165) is 0 Å². The number of aliphatic hydroxyl groups excluding tert-OH is 2. The van der Waals surface area contributed by atoms with Gasteiger partial charge in [-0.1, -0.05) is 0 Å². The van der Waals surface area contributed by atoms with E-state index in [9.17, 15) is 10.2 Å². The highest BCUT2D eigenvalue weighted by molar-refractivity contribution is 5.38. The number of hydrogen-bond acceptors (Lipinski definition) is 5. The van der Waals surface area contributed by atoms with Gasteiger partial charge in [-0.2, -0.15) is 5.10 Å². The number of hydrogen-bond donors (Lipinski definition) is 2. The summed E-state index contributed by atoms with van der Waals surface area (Å²) in [5.41, 5.74) is 0. The molecule has 0 unspecified atom stereocenters. The number of rotatable bonds is 1. The third kappa shape index (κ3) is 1.48. The van der Waals surface area contributed by atoms with Gasteiger partial charge in [0.25, 0.3) is 0 Å². The van der Waals surface area contributed by atoms with Crippen LogP contribution in [0.15, 0.2) is 18.3 Å². The molecule has 2 heterocycles. The topological polar surface area (TPSA) is 69.5 Å². The minimum Gasteiger partial charge on any atom is -0.388 e. The van der Waals surface area contributed by atoms with Gasteiger partial charge in [0.2, 0.25) is 0 Å². The fourth-order valence-corrected chi connectivity index (χ4v) is 1.46. The van der Waals surface area contributed by atoms with E-state index in [2.05, 4.69) is 10.2 Å². The second-order valence-corrected chi connectivity index (χ2v) is 3.04. The van der Waals surface area contributed by atoms with Crippen molar-refractivity contribution in [3.63, 3.8) is 0 Å². The van der Waals surface area contributed by atoms with Crippen molar-refractivity contribution in [3.05, 3.63) is 18.3 Å². The van der Waals surface area contributed by atoms with Gasteiger partial charge in [-0.25, -0.2) is 0 Å². The van der Waals surface area contributed by atoms with Crippen molar-refractivity contribution in [2.24, 2.45) is 0 Å². The summed E-state index contributed by atoms with van der Waals surface area (Å²) in [5.74, 6) is 0.603. The Labute approximate surface area is 75.6 Å². The Kier molecular flexibility index (Phi) is 2.12. The van der Waals surface area contributed by atoms with Crippen molar-refractivity contribution < 1.29 is 10.2 Å². The molecule has 2 rings (SSSR count). The van der Waals surface area contributed by atoms with Crippen molar-refractivity contribution in [2.75, 3.05) is 11.4 Å². The minimum atomic E-state index is -0.850. The zero-order valence-corrected chi connectivity index (χ0v) is 7.04. The van der Waals surface area contributed by atoms with Crippen molar-refractivity contribution in [2.45, 2.75) is 18.8 Å². The van der Waals surface area contributed by atoms with Crippen LogP contribution in [0.3, 0.4) is 0 Å². The predicted molar refractivity (Wildman–Crippen MR) is 46.0 cm³/mol. The van der Waals surface area contributed by atoms with Gasteiger partial charge in [-0.15, -0.1) is 5.10 Å². The van der Waals surface area contributed by atoms with Crippen LogP contribution in [0.25, 0.3) is 0 Å². The summed E-state index contributed by atoms with van der Waals surface area (Å²) in [6.07, 6.45) is 0.610. The lowest BCUT2D eigenvalue weighted by atomic mass is 10.3. The normalized spacial score (nSPS) is 28.0. The molecule has 1 saturated heterocycles. The van der Waals surface area contributed by atoms with Crippen molar-refractivity contribution >= 4 is 5.82 Å². The van der Waals surface area contributed by atoms with Gasteiger partial charge >= 0.3 is 0 Å². The highest BCUT2D eigenvalue weighted by Gasteiger charge is 2.31. The molecule has 5 nitrogen and oxygen atoms in total.